The van der Waals surface area contributed by atoms with E-state index in [1.165, 1.54) is 11.1 Å². The quantitative estimate of drug-likeness (QED) is 0.801. The molecular weight excluding hydrogens is 186 g/mol. The van der Waals surface area contributed by atoms with E-state index in [0.29, 0.717) is 0 Å². The zero-order valence-corrected chi connectivity index (χ0v) is 9.76. The second-order valence-electron chi connectivity index (χ2n) is 5.11. The highest BCUT2D eigenvalue weighted by Gasteiger charge is 2.17. The Bertz CT molecular complexity index is 352. The van der Waals surface area contributed by atoms with Crippen LogP contribution in [0.1, 0.15) is 31.9 Å². The monoisotopic (exact) mass is 205 g/mol. The molecule has 1 aliphatic rings. The molecule has 1 aliphatic heterocycles. The van der Waals surface area contributed by atoms with Gasteiger partial charge < -0.3 is 10.1 Å². The van der Waals surface area contributed by atoms with Gasteiger partial charge in [-0.25, -0.2) is 0 Å². The van der Waals surface area contributed by atoms with Gasteiger partial charge in [0.25, 0.3) is 0 Å². The van der Waals surface area contributed by atoms with Crippen molar-refractivity contribution in [2.45, 2.75) is 39.3 Å². The molecule has 2 rings (SSSR count). The lowest BCUT2D eigenvalue weighted by Crippen LogP contribution is -2.35. The van der Waals surface area contributed by atoms with Crippen molar-refractivity contribution in [3.05, 3.63) is 29.3 Å². The lowest BCUT2D eigenvalue weighted by Gasteiger charge is -2.21. The Hall–Kier alpha value is -1.02. The van der Waals surface area contributed by atoms with Gasteiger partial charge >= 0.3 is 0 Å². The largest absolute Gasteiger partial charge is 0.493 e. The van der Waals surface area contributed by atoms with Crippen LogP contribution >= 0.6 is 0 Å². The normalized spacial score (nSPS) is 14.9. The summed E-state index contributed by atoms with van der Waals surface area (Å²) >= 11 is 0. The van der Waals surface area contributed by atoms with Crippen LogP contribution in [0.4, 0.5) is 0 Å². The van der Waals surface area contributed by atoms with Crippen LogP contribution in [0.5, 0.6) is 5.75 Å². The maximum Gasteiger partial charge on any atom is 0.127 e. The van der Waals surface area contributed by atoms with Gasteiger partial charge in [-0.15, -0.1) is 0 Å². The SMILES string of the molecule is CC(C)(C)NCc1cccc2c1OCC2. The Morgan fingerprint density at radius 3 is 2.87 bits per heavy atom. The van der Waals surface area contributed by atoms with Gasteiger partial charge in [-0.05, 0) is 26.3 Å². The molecule has 0 aromatic heterocycles. The minimum atomic E-state index is 0.154. The molecule has 0 saturated carbocycles. The lowest BCUT2D eigenvalue weighted by atomic mass is 10.1. The van der Waals surface area contributed by atoms with Gasteiger partial charge in [0.15, 0.2) is 0 Å². The summed E-state index contributed by atoms with van der Waals surface area (Å²) in [5.41, 5.74) is 2.78. The van der Waals surface area contributed by atoms with Gasteiger partial charge in [-0.3, -0.25) is 0 Å². The third-order valence-corrected chi connectivity index (χ3v) is 2.61. The van der Waals surface area contributed by atoms with Gasteiger partial charge in [-0.1, -0.05) is 18.2 Å². The molecule has 2 heteroatoms. The maximum atomic E-state index is 5.65. The topological polar surface area (TPSA) is 21.3 Å². The van der Waals surface area contributed by atoms with E-state index in [9.17, 15) is 0 Å². The Morgan fingerprint density at radius 2 is 2.13 bits per heavy atom. The summed E-state index contributed by atoms with van der Waals surface area (Å²) < 4.78 is 5.65. The fourth-order valence-corrected chi connectivity index (χ4v) is 1.78. The van der Waals surface area contributed by atoms with Crippen molar-refractivity contribution in [1.29, 1.82) is 0 Å². The highest BCUT2D eigenvalue weighted by Crippen LogP contribution is 2.29. The Kier molecular flexibility index (Phi) is 2.70. The Balaban J connectivity index is 2.12. The van der Waals surface area contributed by atoms with E-state index in [1.807, 2.05) is 0 Å². The standard InChI is InChI=1S/C13H19NO/c1-13(2,3)14-9-11-6-4-5-10-7-8-15-12(10)11/h4-6,14H,7-9H2,1-3H3. The van der Waals surface area contributed by atoms with Crippen molar-refractivity contribution in [2.24, 2.45) is 0 Å². The number of para-hydroxylation sites is 1. The summed E-state index contributed by atoms with van der Waals surface area (Å²) in [5, 5.41) is 3.49. The van der Waals surface area contributed by atoms with E-state index in [2.05, 4.69) is 44.3 Å². The first-order valence-corrected chi connectivity index (χ1v) is 5.55. The smallest absolute Gasteiger partial charge is 0.127 e. The minimum absolute atomic E-state index is 0.154. The molecule has 0 fully saturated rings. The molecule has 1 heterocycles. The molecule has 1 N–H and O–H groups in total. The molecule has 0 unspecified atom stereocenters. The zero-order chi connectivity index (χ0) is 10.9. The van der Waals surface area contributed by atoms with Gasteiger partial charge in [0.2, 0.25) is 0 Å². The van der Waals surface area contributed by atoms with Crippen molar-refractivity contribution in [3.8, 4) is 5.75 Å². The number of hydrogen-bond acceptors (Lipinski definition) is 2. The third kappa shape index (κ3) is 2.51. The van der Waals surface area contributed by atoms with E-state index in [1.54, 1.807) is 0 Å². The van der Waals surface area contributed by atoms with Crippen LogP contribution in [0, 0.1) is 0 Å². The summed E-state index contributed by atoms with van der Waals surface area (Å²) in [4.78, 5) is 0. The van der Waals surface area contributed by atoms with E-state index < -0.39 is 0 Å². The van der Waals surface area contributed by atoms with Gasteiger partial charge in [0, 0.05) is 24.1 Å². The molecule has 0 saturated heterocycles. The first-order valence-electron chi connectivity index (χ1n) is 5.55. The number of rotatable bonds is 2. The van der Waals surface area contributed by atoms with Gasteiger partial charge in [-0.2, -0.15) is 0 Å². The number of fused-ring (bicyclic) bond motifs is 1. The summed E-state index contributed by atoms with van der Waals surface area (Å²) in [6.07, 6.45) is 1.05. The van der Waals surface area contributed by atoms with E-state index >= 15 is 0 Å². The molecular formula is C13H19NO. The number of ether oxygens (including phenoxy) is 1. The molecule has 0 radical (unpaired) electrons. The summed E-state index contributed by atoms with van der Waals surface area (Å²) in [6, 6.07) is 6.42. The molecule has 82 valence electrons. The average Bonchev–Trinajstić information content (AvgIpc) is 2.61. The molecule has 0 bridgehead atoms. The Morgan fingerprint density at radius 1 is 1.33 bits per heavy atom. The van der Waals surface area contributed by atoms with Crippen LogP contribution in [0.15, 0.2) is 18.2 Å². The minimum Gasteiger partial charge on any atom is -0.493 e. The molecule has 2 nitrogen and oxygen atoms in total. The average molecular weight is 205 g/mol. The summed E-state index contributed by atoms with van der Waals surface area (Å²) in [6.45, 7) is 8.25. The second-order valence-corrected chi connectivity index (χ2v) is 5.11. The number of benzene rings is 1. The number of nitrogens with one attached hydrogen (secondary N) is 1. The van der Waals surface area contributed by atoms with Crippen LogP contribution in [0.25, 0.3) is 0 Å². The van der Waals surface area contributed by atoms with Crippen molar-refractivity contribution >= 4 is 0 Å². The van der Waals surface area contributed by atoms with Crippen LogP contribution in [0.2, 0.25) is 0 Å². The van der Waals surface area contributed by atoms with Gasteiger partial charge in [0.05, 0.1) is 6.61 Å². The molecule has 0 spiro atoms. The van der Waals surface area contributed by atoms with Crippen molar-refractivity contribution < 1.29 is 4.74 Å². The van der Waals surface area contributed by atoms with Crippen molar-refractivity contribution in [3.63, 3.8) is 0 Å². The highest BCUT2D eigenvalue weighted by molar-refractivity contribution is 5.43. The predicted molar refractivity (Wildman–Crippen MR) is 62.2 cm³/mol. The summed E-state index contributed by atoms with van der Waals surface area (Å²) in [5.74, 6) is 1.11. The van der Waals surface area contributed by atoms with Crippen molar-refractivity contribution in [1.82, 2.24) is 5.32 Å². The molecule has 0 amide bonds. The molecule has 0 atom stereocenters. The molecule has 1 aromatic carbocycles. The molecule has 1 aromatic rings. The summed E-state index contributed by atoms with van der Waals surface area (Å²) in [7, 11) is 0. The van der Waals surface area contributed by atoms with E-state index in [-0.39, 0.29) is 5.54 Å². The van der Waals surface area contributed by atoms with E-state index in [0.717, 1.165) is 25.3 Å². The third-order valence-electron chi connectivity index (χ3n) is 2.61. The fourth-order valence-electron chi connectivity index (χ4n) is 1.78. The van der Waals surface area contributed by atoms with Gasteiger partial charge in [0.1, 0.15) is 5.75 Å². The first-order chi connectivity index (χ1) is 7.06. The van der Waals surface area contributed by atoms with Crippen LogP contribution in [-0.2, 0) is 13.0 Å². The first kappa shape index (κ1) is 10.5. The molecule has 15 heavy (non-hydrogen) atoms. The Labute approximate surface area is 91.6 Å². The van der Waals surface area contributed by atoms with Crippen LogP contribution < -0.4 is 10.1 Å². The lowest BCUT2D eigenvalue weighted by molar-refractivity contribution is 0.348. The fraction of sp³-hybridized carbons (Fsp3) is 0.538. The second kappa shape index (κ2) is 3.86. The number of hydrogen-bond donors (Lipinski definition) is 1. The predicted octanol–water partition coefficient (Wildman–Crippen LogP) is 2.51. The van der Waals surface area contributed by atoms with Crippen molar-refractivity contribution in [2.75, 3.05) is 6.61 Å². The van der Waals surface area contributed by atoms with Crippen LogP contribution in [-0.4, -0.2) is 12.1 Å². The van der Waals surface area contributed by atoms with Crippen LogP contribution in [0.3, 0.4) is 0 Å². The van der Waals surface area contributed by atoms with E-state index in [4.69, 9.17) is 4.74 Å². The molecule has 0 aliphatic carbocycles. The highest BCUT2D eigenvalue weighted by atomic mass is 16.5. The maximum absolute atomic E-state index is 5.65. The zero-order valence-electron chi connectivity index (χ0n) is 9.76.